The van der Waals surface area contributed by atoms with Crippen molar-refractivity contribution in [2.75, 3.05) is 12.8 Å². The number of nitrogen functional groups attached to an aromatic ring is 1. The van der Waals surface area contributed by atoms with Crippen molar-refractivity contribution in [1.82, 2.24) is 4.31 Å². The van der Waals surface area contributed by atoms with Crippen LogP contribution in [0.5, 0.6) is 0 Å². The van der Waals surface area contributed by atoms with Crippen LogP contribution in [0, 0.1) is 0 Å². The lowest BCUT2D eigenvalue weighted by Gasteiger charge is -2.18. The van der Waals surface area contributed by atoms with E-state index in [9.17, 15) is 8.42 Å². The van der Waals surface area contributed by atoms with E-state index in [1.54, 1.807) is 36.4 Å². The molecule has 0 aliphatic rings. The maximum Gasteiger partial charge on any atom is 0.245 e. The molecule has 0 aliphatic heterocycles. The molecular weight excluding hydrogens is 331 g/mol. The van der Waals surface area contributed by atoms with E-state index >= 15 is 0 Å². The van der Waals surface area contributed by atoms with E-state index in [0.29, 0.717) is 15.6 Å². The number of hydrogen-bond acceptors (Lipinski definition) is 3. The third-order valence-corrected chi connectivity index (χ3v) is 5.25. The summed E-state index contributed by atoms with van der Waals surface area (Å²) in [4.78, 5) is 0.0839. The largest absolute Gasteiger partial charge is 0.398 e. The molecule has 0 amide bonds. The zero-order chi connectivity index (χ0) is 15.6. The molecule has 0 aromatic heterocycles. The topological polar surface area (TPSA) is 63.4 Å². The van der Waals surface area contributed by atoms with Gasteiger partial charge in [-0.3, -0.25) is 0 Å². The minimum Gasteiger partial charge on any atom is -0.398 e. The van der Waals surface area contributed by atoms with Crippen molar-refractivity contribution in [2.45, 2.75) is 11.4 Å². The van der Waals surface area contributed by atoms with Gasteiger partial charge < -0.3 is 5.73 Å². The number of halogens is 2. The first-order valence-electron chi connectivity index (χ1n) is 6.06. The fraction of sp³-hybridized carbons (Fsp3) is 0.143. The van der Waals surface area contributed by atoms with E-state index in [0.717, 1.165) is 0 Å². The molecule has 0 radical (unpaired) electrons. The molecule has 7 heteroatoms. The third kappa shape index (κ3) is 3.68. The van der Waals surface area contributed by atoms with Gasteiger partial charge in [0.25, 0.3) is 0 Å². The molecule has 2 rings (SSSR count). The first-order chi connectivity index (χ1) is 9.80. The quantitative estimate of drug-likeness (QED) is 0.864. The highest BCUT2D eigenvalue weighted by molar-refractivity contribution is 7.89. The number of nitrogens with zero attached hydrogens (tertiary/aromatic N) is 1. The van der Waals surface area contributed by atoms with E-state index in [-0.39, 0.29) is 17.1 Å². The lowest BCUT2D eigenvalue weighted by molar-refractivity contribution is 0.467. The van der Waals surface area contributed by atoms with Crippen molar-refractivity contribution in [3.8, 4) is 0 Å². The van der Waals surface area contributed by atoms with Gasteiger partial charge in [0.15, 0.2) is 0 Å². The standard InChI is InChI=1S/C14H14Cl2N2O2S/c1-18(9-10-6-11(15)8-12(16)7-10)21(19,20)14-5-3-2-4-13(14)17/h2-8H,9,17H2,1H3. The Balaban J connectivity index is 2.31. The summed E-state index contributed by atoms with van der Waals surface area (Å²) in [5.41, 5.74) is 6.66. The molecule has 4 nitrogen and oxygen atoms in total. The molecule has 0 saturated carbocycles. The minimum atomic E-state index is -3.67. The van der Waals surface area contributed by atoms with Crippen LogP contribution in [0.15, 0.2) is 47.4 Å². The van der Waals surface area contributed by atoms with Crippen molar-refractivity contribution >= 4 is 38.9 Å². The lowest BCUT2D eigenvalue weighted by Crippen LogP contribution is -2.27. The molecule has 112 valence electrons. The first kappa shape index (κ1) is 16.1. The summed E-state index contributed by atoms with van der Waals surface area (Å²) in [5, 5.41) is 0.921. The molecule has 0 heterocycles. The van der Waals surface area contributed by atoms with E-state index in [1.165, 1.54) is 17.4 Å². The summed E-state index contributed by atoms with van der Waals surface area (Å²) in [6.45, 7) is 0.150. The van der Waals surface area contributed by atoms with Gasteiger partial charge in [-0.2, -0.15) is 4.31 Å². The van der Waals surface area contributed by atoms with Crippen LogP contribution < -0.4 is 5.73 Å². The van der Waals surface area contributed by atoms with Gasteiger partial charge in [0.2, 0.25) is 10.0 Å². The van der Waals surface area contributed by atoms with Gasteiger partial charge in [-0.25, -0.2) is 8.42 Å². The molecule has 2 aromatic carbocycles. The Bertz CT molecular complexity index is 743. The number of sulfonamides is 1. The maximum atomic E-state index is 12.5. The van der Waals surface area contributed by atoms with Gasteiger partial charge in [-0.1, -0.05) is 35.3 Å². The summed E-state index contributed by atoms with van der Waals surface area (Å²) < 4.78 is 26.2. The number of para-hydroxylation sites is 1. The summed E-state index contributed by atoms with van der Waals surface area (Å²) in [6, 6.07) is 11.3. The summed E-state index contributed by atoms with van der Waals surface area (Å²) >= 11 is 11.8. The molecular formula is C14H14Cl2N2O2S. The minimum absolute atomic E-state index is 0.0839. The maximum absolute atomic E-state index is 12.5. The Kier molecular flexibility index (Phi) is 4.78. The van der Waals surface area contributed by atoms with Crippen molar-refractivity contribution < 1.29 is 8.42 Å². The molecule has 0 atom stereocenters. The fourth-order valence-electron chi connectivity index (χ4n) is 1.93. The second kappa shape index (κ2) is 6.23. The average Bonchev–Trinajstić information content (AvgIpc) is 2.37. The fourth-order valence-corrected chi connectivity index (χ4v) is 3.77. The summed E-state index contributed by atoms with van der Waals surface area (Å²) in [6.07, 6.45) is 0. The first-order valence-corrected chi connectivity index (χ1v) is 8.26. The number of anilines is 1. The Hall–Kier alpha value is -1.27. The van der Waals surface area contributed by atoms with Crippen molar-refractivity contribution in [1.29, 1.82) is 0 Å². The highest BCUT2D eigenvalue weighted by atomic mass is 35.5. The van der Waals surface area contributed by atoms with E-state index in [4.69, 9.17) is 28.9 Å². The molecule has 0 bridgehead atoms. The number of rotatable bonds is 4. The van der Waals surface area contributed by atoms with Gasteiger partial charge in [-0.05, 0) is 35.9 Å². The van der Waals surface area contributed by atoms with Crippen LogP contribution >= 0.6 is 23.2 Å². The van der Waals surface area contributed by atoms with E-state index < -0.39 is 10.0 Å². The van der Waals surface area contributed by atoms with Gasteiger partial charge in [0.05, 0.1) is 5.69 Å². The normalized spacial score (nSPS) is 11.8. The average molecular weight is 345 g/mol. The van der Waals surface area contributed by atoms with Crippen molar-refractivity contribution in [2.24, 2.45) is 0 Å². The molecule has 0 unspecified atom stereocenters. The second-order valence-corrected chi connectivity index (χ2v) is 7.46. The van der Waals surface area contributed by atoms with Crippen LogP contribution in [0.3, 0.4) is 0 Å². The van der Waals surface area contributed by atoms with Gasteiger partial charge >= 0.3 is 0 Å². The van der Waals surface area contributed by atoms with Crippen LogP contribution in [0.25, 0.3) is 0 Å². The highest BCUT2D eigenvalue weighted by Gasteiger charge is 2.23. The number of nitrogens with two attached hydrogens (primary N) is 1. The summed E-state index contributed by atoms with van der Waals surface area (Å²) in [5.74, 6) is 0. The molecule has 21 heavy (non-hydrogen) atoms. The SMILES string of the molecule is CN(Cc1cc(Cl)cc(Cl)c1)S(=O)(=O)c1ccccc1N. The Labute approximate surface area is 134 Å². The van der Waals surface area contributed by atoms with Crippen molar-refractivity contribution in [3.63, 3.8) is 0 Å². The van der Waals surface area contributed by atoms with Gasteiger partial charge in [0, 0.05) is 23.6 Å². The van der Waals surface area contributed by atoms with E-state index in [2.05, 4.69) is 0 Å². The Morgan fingerprint density at radius 1 is 1.10 bits per heavy atom. The zero-order valence-electron chi connectivity index (χ0n) is 11.3. The Morgan fingerprint density at radius 3 is 2.24 bits per heavy atom. The van der Waals surface area contributed by atoms with Crippen molar-refractivity contribution in [3.05, 3.63) is 58.1 Å². The molecule has 0 spiro atoms. The van der Waals surface area contributed by atoms with Crippen LogP contribution in [0.2, 0.25) is 10.0 Å². The molecule has 0 aliphatic carbocycles. The predicted molar refractivity (Wildman–Crippen MR) is 86.0 cm³/mol. The molecule has 2 N–H and O–H groups in total. The van der Waals surface area contributed by atoms with E-state index in [1.807, 2.05) is 0 Å². The van der Waals surface area contributed by atoms with Crippen LogP contribution in [-0.2, 0) is 16.6 Å². The number of benzene rings is 2. The third-order valence-electron chi connectivity index (χ3n) is 2.93. The van der Waals surface area contributed by atoms with Gasteiger partial charge in [0.1, 0.15) is 4.90 Å². The molecule has 2 aromatic rings. The van der Waals surface area contributed by atoms with Gasteiger partial charge in [-0.15, -0.1) is 0 Å². The van der Waals surface area contributed by atoms with Crippen LogP contribution in [0.1, 0.15) is 5.56 Å². The molecule has 0 fully saturated rings. The Morgan fingerprint density at radius 2 is 1.67 bits per heavy atom. The highest BCUT2D eigenvalue weighted by Crippen LogP contribution is 2.24. The van der Waals surface area contributed by atoms with Crippen LogP contribution in [-0.4, -0.2) is 19.8 Å². The summed E-state index contributed by atoms with van der Waals surface area (Å²) in [7, 11) is -2.19. The monoisotopic (exact) mass is 344 g/mol. The molecule has 0 saturated heterocycles. The lowest BCUT2D eigenvalue weighted by atomic mass is 10.2. The zero-order valence-corrected chi connectivity index (χ0v) is 13.6. The number of hydrogen-bond donors (Lipinski definition) is 1. The predicted octanol–water partition coefficient (Wildman–Crippen LogP) is 3.40. The second-order valence-electron chi connectivity index (χ2n) is 4.58. The smallest absolute Gasteiger partial charge is 0.245 e. The van der Waals surface area contributed by atoms with Crippen LogP contribution in [0.4, 0.5) is 5.69 Å².